The van der Waals surface area contributed by atoms with E-state index in [1.165, 1.54) is 0 Å². The number of ether oxygens (including phenoxy) is 2. The Morgan fingerprint density at radius 1 is 0.805 bits per heavy atom. The molecule has 1 saturated heterocycles. The fourth-order valence-corrected chi connectivity index (χ4v) is 4.80. The molecule has 1 aliphatic heterocycles. The van der Waals surface area contributed by atoms with E-state index in [9.17, 15) is 9.59 Å². The number of benzene rings is 4. The first kappa shape index (κ1) is 28.1. The zero-order valence-corrected chi connectivity index (χ0v) is 23.9. The van der Waals surface area contributed by atoms with Gasteiger partial charge in [-0.05, 0) is 79.2 Å². The highest BCUT2D eigenvalue weighted by Gasteiger charge is 2.22. The predicted molar refractivity (Wildman–Crippen MR) is 162 cm³/mol. The first-order valence-electron chi connectivity index (χ1n) is 13.5. The lowest BCUT2D eigenvalue weighted by atomic mass is 10.1. The average molecular weight is 570 g/mol. The molecule has 0 spiro atoms. The quantitative estimate of drug-likeness (QED) is 0.264. The molecule has 1 N–H and O–H groups in total. The van der Waals surface area contributed by atoms with Crippen LogP contribution in [0.3, 0.4) is 0 Å². The lowest BCUT2D eigenvalue weighted by Gasteiger charge is -2.36. The van der Waals surface area contributed by atoms with Crippen molar-refractivity contribution < 1.29 is 19.1 Å². The van der Waals surface area contributed by atoms with Crippen LogP contribution in [0.1, 0.15) is 31.8 Å². The van der Waals surface area contributed by atoms with Crippen molar-refractivity contribution in [1.82, 2.24) is 4.90 Å². The molecule has 5 rings (SSSR count). The van der Waals surface area contributed by atoms with Gasteiger partial charge in [0.05, 0.1) is 7.11 Å². The summed E-state index contributed by atoms with van der Waals surface area (Å²) >= 11 is 5.95. The van der Waals surface area contributed by atoms with Crippen LogP contribution in [0.5, 0.6) is 11.5 Å². The molecule has 0 aliphatic carbocycles. The van der Waals surface area contributed by atoms with Crippen molar-refractivity contribution in [2.75, 3.05) is 43.5 Å². The summed E-state index contributed by atoms with van der Waals surface area (Å²) in [5.74, 6) is 0.843. The Morgan fingerprint density at radius 2 is 1.46 bits per heavy atom. The first-order valence-corrected chi connectivity index (χ1v) is 13.8. The smallest absolute Gasteiger partial charge is 0.255 e. The molecule has 1 fully saturated rings. The van der Waals surface area contributed by atoms with E-state index < -0.39 is 0 Å². The van der Waals surface area contributed by atoms with E-state index in [0.717, 1.165) is 35.5 Å². The number of anilines is 2. The largest absolute Gasteiger partial charge is 0.493 e. The summed E-state index contributed by atoms with van der Waals surface area (Å²) in [5, 5.41) is 3.62. The summed E-state index contributed by atoms with van der Waals surface area (Å²) in [6, 6.07) is 28.0. The molecular weight excluding hydrogens is 538 g/mol. The SMILES string of the molecule is COc1cc(C(=O)Nc2ccc(N3CCN(C(=O)c4ccc(C)cc4)CC3)cc2)ccc1OCc1ccc(Cl)cc1. The lowest BCUT2D eigenvalue weighted by Crippen LogP contribution is -2.48. The number of piperazine rings is 1. The normalized spacial score (nSPS) is 13.0. The number of nitrogens with zero attached hydrogens (tertiary/aromatic N) is 2. The number of carbonyl (C=O) groups is 2. The number of hydrogen-bond donors (Lipinski definition) is 1. The van der Waals surface area contributed by atoms with Crippen LogP contribution in [0.25, 0.3) is 0 Å². The third-order valence-electron chi connectivity index (χ3n) is 7.09. The minimum atomic E-state index is -0.247. The molecule has 0 aromatic heterocycles. The number of aryl methyl sites for hydroxylation is 1. The third-order valence-corrected chi connectivity index (χ3v) is 7.34. The van der Waals surface area contributed by atoms with E-state index >= 15 is 0 Å². The Bertz CT molecular complexity index is 1500. The highest BCUT2D eigenvalue weighted by molar-refractivity contribution is 6.30. The van der Waals surface area contributed by atoms with Gasteiger partial charge in [-0.2, -0.15) is 0 Å². The van der Waals surface area contributed by atoms with Gasteiger partial charge in [-0.15, -0.1) is 0 Å². The Balaban J connectivity index is 1.15. The Morgan fingerprint density at radius 3 is 2.12 bits per heavy atom. The van der Waals surface area contributed by atoms with Crippen molar-refractivity contribution in [3.63, 3.8) is 0 Å². The van der Waals surface area contributed by atoms with Gasteiger partial charge in [0.15, 0.2) is 11.5 Å². The summed E-state index contributed by atoms with van der Waals surface area (Å²) in [7, 11) is 1.54. The van der Waals surface area contributed by atoms with Crippen LogP contribution in [-0.4, -0.2) is 50.0 Å². The van der Waals surface area contributed by atoms with Gasteiger partial charge in [0.25, 0.3) is 11.8 Å². The highest BCUT2D eigenvalue weighted by Crippen LogP contribution is 2.29. The van der Waals surface area contributed by atoms with E-state index in [1.54, 1.807) is 25.3 Å². The minimum absolute atomic E-state index is 0.0699. The summed E-state index contributed by atoms with van der Waals surface area (Å²) in [6.07, 6.45) is 0. The molecule has 0 saturated carbocycles. The Kier molecular flexibility index (Phi) is 8.75. The number of nitrogens with one attached hydrogen (secondary N) is 1. The van der Waals surface area contributed by atoms with Gasteiger partial charge >= 0.3 is 0 Å². The predicted octanol–water partition coefficient (Wildman–Crippen LogP) is 6.45. The third kappa shape index (κ3) is 6.99. The van der Waals surface area contributed by atoms with Gasteiger partial charge in [-0.25, -0.2) is 0 Å². The summed E-state index contributed by atoms with van der Waals surface area (Å²) in [4.78, 5) is 29.9. The molecule has 41 heavy (non-hydrogen) atoms. The van der Waals surface area contributed by atoms with Crippen molar-refractivity contribution in [1.29, 1.82) is 0 Å². The molecule has 210 valence electrons. The van der Waals surface area contributed by atoms with Crippen LogP contribution in [0.2, 0.25) is 5.02 Å². The van der Waals surface area contributed by atoms with Gasteiger partial charge in [0.1, 0.15) is 6.61 Å². The maximum absolute atomic E-state index is 13.0. The number of amides is 2. The van der Waals surface area contributed by atoms with Crippen molar-refractivity contribution in [2.45, 2.75) is 13.5 Å². The standard InChI is InChI=1S/C33H32ClN3O4/c1-23-3-7-25(8-4-23)33(39)37-19-17-36(18-20-37)29-14-12-28(13-15-29)35-32(38)26-9-16-30(31(21-26)40-2)41-22-24-5-10-27(34)11-6-24/h3-16,21H,17-20,22H2,1-2H3,(H,35,38). The molecule has 8 heteroatoms. The summed E-state index contributed by atoms with van der Waals surface area (Å²) < 4.78 is 11.4. The second kappa shape index (κ2) is 12.8. The molecule has 1 heterocycles. The summed E-state index contributed by atoms with van der Waals surface area (Å²) in [6.45, 7) is 5.17. The van der Waals surface area contributed by atoms with Crippen LogP contribution in [-0.2, 0) is 6.61 Å². The van der Waals surface area contributed by atoms with Crippen LogP contribution in [0.15, 0.2) is 91.0 Å². The number of halogens is 1. The second-order valence-corrected chi connectivity index (χ2v) is 10.4. The average Bonchev–Trinajstić information content (AvgIpc) is 3.01. The van der Waals surface area contributed by atoms with E-state index in [4.69, 9.17) is 21.1 Å². The lowest BCUT2D eigenvalue weighted by molar-refractivity contribution is 0.0746. The van der Waals surface area contributed by atoms with E-state index in [1.807, 2.05) is 84.6 Å². The van der Waals surface area contributed by atoms with Crippen LogP contribution >= 0.6 is 11.6 Å². The van der Waals surface area contributed by atoms with Gasteiger partial charge in [0, 0.05) is 53.7 Å². The molecule has 0 unspecified atom stereocenters. The molecule has 1 aliphatic rings. The fraction of sp³-hybridized carbons (Fsp3) is 0.212. The number of hydrogen-bond acceptors (Lipinski definition) is 5. The van der Waals surface area contributed by atoms with E-state index in [-0.39, 0.29) is 11.8 Å². The number of methoxy groups -OCH3 is 1. The van der Waals surface area contributed by atoms with Crippen molar-refractivity contribution in [2.24, 2.45) is 0 Å². The molecule has 0 bridgehead atoms. The minimum Gasteiger partial charge on any atom is -0.493 e. The van der Waals surface area contributed by atoms with Gasteiger partial charge in [0.2, 0.25) is 0 Å². The monoisotopic (exact) mass is 569 g/mol. The van der Waals surface area contributed by atoms with E-state index in [0.29, 0.717) is 47.5 Å². The van der Waals surface area contributed by atoms with Gasteiger partial charge in [-0.1, -0.05) is 41.4 Å². The molecule has 0 atom stereocenters. The zero-order chi connectivity index (χ0) is 28.8. The summed E-state index contributed by atoms with van der Waals surface area (Å²) in [5.41, 5.74) is 5.03. The number of carbonyl (C=O) groups excluding carboxylic acids is 2. The number of rotatable bonds is 8. The maximum atomic E-state index is 13.0. The van der Waals surface area contributed by atoms with E-state index in [2.05, 4.69) is 10.2 Å². The van der Waals surface area contributed by atoms with Gasteiger partial charge in [-0.3, -0.25) is 9.59 Å². The Labute approximate surface area is 245 Å². The molecule has 0 radical (unpaired) electrons. The Hall–Kier alpha value is -4.49. The molecular formula is C33H32ClN3O4. The van der Waals surface area contributed by atoms with Crippen molar-refractivity contribution in [3.8, 4) is 11.5 Å². The maximum Gasteiger partial charge on any atom is 0.255 e. The van der Waals surface area contributed by atoms with Crippen molar-refractivity contribution in [3.05, 3.63) is 118 Å². The molecule has 7 nitrogen and oxygen atoms in total. The molecule has 2 amide bonds. The fourth-order valence-electron chi connectivity index (χ4n) is 4.68. The second-order valence-electron chi connectivity index (χ2n) is 9.93. The van der Waals surface area contributed by atoms with Crippen LogP contribution < -0.4 is 19.7 Å². The molecule has 4 aromatic rings. The zero-order valence-electron chi connectivity index (χ0n) is 23.1. The first-order chi connectivity index (χ1) is 19.9. The van der Waals surface area contributed by atoms with Crippen molar-refractivity contribution >= 4 is 34.8 Å². The van der Waals surface area contributed by atoms with Crippen LogP contribution in [0, 0.1) is 6.92 Å². The van der Waals surface area contributed by atoms with Gasteiger partial charge < -0.3 is 24.6 Å². The topological polar surface area (TPSA) is 71.1 Å². The van der Waals surface area contributed by atoms with Crippen LogP contribution in [0.4, 0.5) is 11.4 Å². The highest BCUT2D eigenvalue weighted by atomic mass is 35.5. The molecule has 4 aromatic carbocycles.